The Kier molecular flexibility index (Phi) is 14.1. The van der Waals surface area contributed by atoms with Crippen molar-refractivity contribution in [1.29, 1.82) is 0 Å². The van der Waals surface area contributed by atoms with Crippen LogP contribution in [0.4, 0.5) is 4.39 Å². The van der Waals surface area contributed by atoms with Crippen molar-refractivity contribution in [2.24, 2.45) is 0 Å². The number of unbranched alkanes of at least 4 members (excludes halogenated alkanes) is 9. The molecule has 3 aromatic carbocycles. The molecule has 0 spiro atoms. The van der Waals surface area contributed by atoms with Crippen LogP contribution in [0.15, 0.2) is 72.8 Å². The maximum absolute atomic E-state index is 14.0. The first-order valence-corrected chi connectivity index (χ1v) is 15.4. The van der Waals surface area contributed by atoms with Gasteiger partial charge in [-0.3, -0.25) is 0 Å². The van der Waals surface area contributed by atoms with E-state index < -0.39 is 18.3 Å². The third kappa shape index (κ3) is 11.5. The molecule has 0 saturated carbocycles. The zero-order valence-corrected chi connectivity index (χ0v) is 24.7. The first-order valence-electron chi connectivity index (χ1n) is 15.4. The monoisotopic (exact) mass is 560 g/mol. The summed E-state index contributed by atoms with van der Waals surface area (Å²) in [7, 11) is 0. The van der Waals surface area contributed by atoms with Gasteiger partial charge in [-0.1, -0.05) is 108 Å². The van der Waals surface area contributed by atoms with Crippen LogP contribution in [-0.2, 0) is 11.2 Å². The molecule has 3 aromatic rings. The summed E-state index contributed by atoms with van der Waals surface area (Å²) < 4.78 is 24.4. The van der Waals surface area contributed by atoms with Crippen molar-refractivity contribution in [3.05, 3.63) is 89.5 Å². The van der Waals surface area contributed by atoms with E-state index in [1.807, 2.05) is 12.1 Å². The Morgan fingerprint density at radius 2 is 1.10 bits per heavy atom. The summed E-state index contributed by atoms with van der Waals surface area (Å²) in [5.41, 5.74) is 4.12. The van der Waals surface area contributed by atoms with Gasteiger partial charge in [0.25, 0.3) is 0 Å². The molecule has 4 nitrogen and oxygen atoms in total. The van der Waals surface area contributed by atoms with Crippen molar-refractivity contribution in [2.75, 3.05) is 0 Å². The fraction of sp³-hybridized carbons (Fsp3) is 0.444. The number of halogens is 1. The third-order valence-electron chi connectivity index (χ3n) is 7.30. The zero-order valence-electron chi connectivity index (χ0n) is 24.7. The maximum Gasteiger partial charge on any atom is 0.343 e. The topological polar surface area (TPSA) is 52.6 Å². The Balaban J connectivity index is 1.44. The minimum Gasteiger partial charge on any atom is -0.428 e. The van der Waals surface area contributed by atoms with Crippen molar-refractivity contribution in [2.45, 2.75) is 104 Å². The molecule has 41 heavy (non-hydrogen) atoms. The van der Waals surface area contributed by atoms with Gasteiger partial charge in [0.05, 0.1) is 11.1 Å². The standard InChI is InChI=1S/C36H45FO4/c1-3-5-7-9-11-12-14-28-16-18-29(19-17-28)30-20-22-31(23-21-30)35(38)40-33-26-24-32(25-27-33)36(39)41-34(37)15-13-10-8-6-4-2/h16-27,34H,3-15H2,1-2H3. The molecule has 0 amide bonds. The average molecular weight is 561 g/mol. The van der Waals surface area contributed by atoms with E-state index >= 15 is 0 Å². The van der Waals surface area contributed by atoms with Gasteiger partial charge in [0.1, 0.15) is 5.75 Å². The Labute approximate surface area is 245 Å². The molecule has 1 unspecified atom stereocenters. The minimum absolute atomic E-state index is 0.203. The first-order chi connectivity index (χ1) is 20.0. The molecule has 3 rings (SSSR count). The van der Waals surface area contributed by atoms with Crippen LogP contribution in [0.25, 0.3) is 11.1 Å². The lowest BCUT2D eigenvalue weighted by Crippen LogP contribution is -2.14. The van der Waals surface area contributed by atoms with E-state index in [1.165, 1.54) is 68.4 Å². The van der Waals surface area contributed by atoms with Gasteiger partial charge in [0, 0.05) is 6.42 Å². The molecule has 0 radical (unpaired) electrons. The first kappa shape index (κ1) is 32.0. The highest BCUT2D eigenvalue weighted by Gasteiger charge is 2.15. The maximum atomic E-state index is 14.0. The van der Waals surface area contributed by atoms with E-state index in [0.29, 0.717) is 17.7 Å². The summed E-state index contributed by atoms with van der Waals surface area (Å²) in [4.78, 5) is 24.9. The number of rotatable bonds is 18. The molecule has 0 aliphatic carbocycles. The predicted molar refractivity (Wildman–Crippen MR) is 164 cm³/mol. The Hall–Kier alpha value is -3.47. The lowest BCUT2D eigenvalue weighted by molar-refractivity contribution is -0.0195. The van der Waals surface area contributed by atoms with E-state index in [4.69, 9.17) is 9.47 Å². The summed E-state index contributed by atoms with van der Waals surface area (Å²) in [5, 5.41) is 0. The largest absolute Gasteiger partial charge is 0.428 e. The summed E-state index contributed by atoms with van der Waals surface area (Å²) in [6, 6.07) is 21.9. The van der Waals surface area contributed by atoms with Crippen LogP contribution in [0.3, 0.4) is 0 Å². The highest BCUT2D eigenvalue weighted by Crippen LogP contribution is 2.23. The smallest absolute Gasteiger partial charge is 0.343 e. The summed E-state index contributed by atoms with van der Waals surface area (Å²) in [5.74, 6) is -0.924. The van der Waals surface area contributed by atoms with E-state index in [0.717, 1.165) is 43.2 Å². The fourth-order valence-electron chi connectivity index (χ4n) is 4.75. The minimum atomic E-state index is -1.62. The van der Waals surface area contributed by atoms with Crippen LogP contribution < -0.4 is 4.74 Å². The number of alkyl halides is 1. The molecule has 0 N–H and O–H groups in total. The highest BCUT2D eigenvalue weighted by atomic mass is 19.1. The average Bonchev–Trinajstić information content (AvgIpc) is 2.99. The van der Waals surface area contributed by atoms with Crippen molar-refractivity contribution in [3.8, 4) is 16.9 Å². The Morgan fingerprint density at radius 1 is 0.610 bits per heavy atom. The van der Waals surface area contributed by atoms with Crippen LogP contribution in [0.5, 0.6) is 5.75 Å². The van der Waals surface area contributed by atoms with Crippen molar-refractivity contribution >= 4 is 11.9 Å². The van der Waals surface area contributed by atoms with Gasteiger partial charge in [-0.05, 0) is 72.4 Å². The molecule has 0 aliphatic rings. The molecular formula is C36H45FO4. The SMILES string of the molecule is CCCCCCCCc1ccc(-c2ccc(C(=O)Oc3ccc(C(=O)OC(F)CCCCCCC)cc3)cc2)cc1. The van der Waals surface area contributed by atoms with Gasteiger partial charge in [-0.15, -0.1) is 0 Å². The number of benzene rings is 3. The number of hydrogen-bond donors (Lipinski definition) is 0. The van der Waals surface area contributed by atoms with E-state index in [2.05, 4.69) is 38.1 Å². The molecule has 1 atom stereocenters. The van der Waals surface area contributed by atoms with Crippen molar-refractivity contribution in [3.63, 3.8) is 0 Å². The lowest BCUT2D eigenvalue weighted by atomic mass is 10.00. The highest BCUT2D eigenvalue weighted by molar-refractivity contribution is 5.92. The van der Waals surface area contributed by atoms with Crippen LogP contribution in [0.1, 0.15) is 117 Å². The van der Waals surface area contributed by atoms with Crippen LogP contribution >= 0.6 is 0 Å². The van der Waals surface area contributed by atoms with E-state index in [9.17, 15) is 14.0 Å². The summed E-state index contributed by atoms with van der Waals surface area (Å²) in [6.07, 6.45) is 12.4. The molecule has 0 saturated heterocycles. The Bertz CT molecular complexity index is 1170. The molecular weight excluding hydrogens is 515 g/mol. The second-order valence-electron chi connectivity index (χ2n) is 10.7. The molecule has 5 heteroatoms. The van der Waals surface area contributed by atoms with E-state index in [1.54, 1.807) is 12.1 Å². The van der Waals surface area contributed by atoms with Crippen LogP contribution in [-0.4, -0.2) is 18.3 Å². The number of hydrogen-bond acceptors (Lipinski definition) is 4. The second-order valence-corrected chi connectivity index (χ2v) is 10.7. The lowest BCUT2D eigenvalue weighted by Gasteiger charge is -2.10. The van der Waals surface area contributed by atoms with Crippen LogP contribution in [0.2, 0.25) is 0 Å². The second kappa shape index (κ2) is 18.1. The van der Waals surface area contributed by atoms with Gasteiger partial charge in [0.2, 0.25) is 6.36 Å². The molecule has 0 aromatic heterocycles. The third-order valence-corrected chi connectivity index (χ3v) is 7.30. The molecule has 0 bridgehead atoms. The number of carbonyl (C=O) groups is 2. The van der Waals surface area contributed by atoms with Crippen LogP contribution in [0, 0.1) is 0 Å². The summed E-state index contributed by atoms with van der Waals surface area (Å²) in [6.45, 7) is 4.37. The summed E-state index contributed by atoms with van der Waals surface area (Å²) >= 11 is 0. The predicted octanol–water partition coefficient (Wildman–Crippen LogP) is 10.3. The van der Waals surface area contributed by atoms with Gasteiger partial charge >= 0.3 is 11.9 Å². The molecule has 0 heterocycles. The molecule has 220 valence electrons. The quantitative estimate of drug-likeness (QED) is 0.0882. The molecule has 0 aliphatic heterocycles. The van der Waals surface area contributed by atoms with Gasteiger partial charge < -0.3 is 9.47 Å². The van der Waals surface area contributed by atoms with Gasteiger partial charge in [-0.25, -0.2) is 14.0 Å². The number of carbonyl (C=O) groups excluding carboxylic acids is 2. The number of aryl methyl sites for hydroxylation is 1. The molecule has 0 fully saturated rings. The fourth-order valence-corrected chi connectivity index (χ4v) is 4.75. The zero-order chi connectivity index (χ0) is 29.3. The van der Waals surface area contributed by atoms with Gasteiger partial charge in [0.15, 0.2) is 0 Å². The normalized spacial score (nSPS) is 11.7. The van der Waals surface area contributed by atoms with Crippen molar-refractivity contribution < 1.29 is 23.5 Å². The van der Waals surface area contributed by atoms with Gasteiger partial charge in [-0.2, -0.15) is 0 Å². The van der Waals surface area contributed by atoms with E-state index in [-0.39, 0.29) is 12.0 Å². The Morgan fingerprint density at radius 3 is 1.71 bits per heavy atom. The number of ether oxygens (including phenoxy) is 2. The van der Waals surface area contributed by atoms with Crippen molar-refractivity contribution in [1.82, 2.24) is 0 Å². The number of esters is 2.